The lowest BCUT2D eigenvalue weighted by Gasteiger charge is -2.13. The number of anilines is 3. The van der Waals surface area contributed by atoms with Gasteiger partial charge >= 0.3 is 6.18 Å². The summed E-state index contributed by atoms with van der Waals surface area (Å²) in [6, 6.07) is 11.7. The molecule has 0 saturated carbocycles. The number of alkyl halides is 3. The van der Waals surface area contributed by atoms with Crippen LogP contribution in [-0.2, 0) is 6.18 Å². The largest absolute Gasteiger partial charge is 0.416 e. The van der Waals surface area contributed by atoms with Gasteiger partial charge in [0.05, 0.1) is 16.8 Å². The van der Waals surface area contributed by atoms with Gasteiger partial charge in [-0.3, -0.25) is 4.79 Å². The van der Waals surface area contributed by atoms with Crippen molar-refractivity contribution in [1.82, 2.24) is 19.9 Å². The number of benzene rings is 2. The van der Waals surface area contributed by atoms with Crippen LogP contribution in [0.1, 0.15) is 15.9 Å². The number of halogens is 5. The van der Waals surface area contributed by atoms with Gasteiger partial charge in [-0.25, -0.2) is 23.7 Å². The van der Waals surface area contributed by atoms with Crippen molar-refractivity contribution in [1.29, 1.82) is 0 Å². The lowest BCUT2D eigenvalue weighted by Crippen LogP contribution is -2.17. The van der Waals surface area contributed by atoms with Gasteiger partial charge in [0.2, 0.25) is 0 Å². The van der Waals surface area contributed by atoms with Gasteiger partial charge in [0, 0.05) is 34.7 Å². The molecule has 3 heterocycles. The predicted molar refractivity (Wildman–Crippen MR) is 126 cm³/mol. The maximum absolute atomic E-state index is 14.1. The van der Waals surface area contributed by atoms with Crippen molar-refractivity contribution in [2.24, 2.45) is 0 Å². The summed E-state index contributed by atoms with van der Waals surface area (Å²) < 4.78 is 66.9. The van der Waals surface area contributed by atoms with E-state index in [4.69, 9.17) is 0 Å². The molecule has 5 rings (SSSR count). The highest BCUT2D eigenvalue weighted by atomic mass is 19.4. The van der Waals surface area contributed by atoms with Crippen LogP contribution in [0.25, 0.3) is 22.3 Å². The summed E-state index contributed by atoms with van der Waals surface area (Å²) in [7, 11) is 0. The third-order valence-electron chi connectivity index (χ3n) is 5.40. The maximum atomic E-state index is 14.1. The van der Waals surface area contributed by atoms with Crippen LogP contribution < -0.4 is 10.6 Å². The fourth-order valence-corrected chi connectivity index (χ4v) is 3.71. The molecule has 12 heteroatoms. The second kappa shape index (κ2) is 9.30. The van der Waals surface area contributed by atoms with Crippen LogP contribution in [-0.4, -0.2) is 25.8 Å². The van der Waals surface area contributed by atoms with Gasteiger partial charge < -0.3 is 15.6 Å². The van der Waals surface area contributed by atoms with Crippen LogP contribution in [0.5, 0.6) is 0 Å². The first-order valence-corrected chi connectivity index (χ1v) is 10.7. The summed E-state index contributed by atoms with van der Waals surface area (Å²) in [5, 5.41) is 6.19. The van der Waals surface area contributed by atoms with E-state index in [1.54, 1.807) is 36.7 Å². The molecule has 1 amide bonds. The highest BCUT2D eigenvalue weighted by Crippen LogP contribution is 2.33. The first kappa shape index (κ1) is 23.9. The molecule has 0 aliphatic rings. The summed E-state index contributed by atoms with van der Waals surface area (Å²) in [6.45, 7) is 0. The Labute approximate surface area is 205 Å². The third kappa shape index (κ3) is 4.81. The quantitative estimate of drug-likeness (QED) is 0.241. The van der Waals surface area contributed by atoms with Crippen LogP contribution in [0.4, 0.5) is 39.1 Å². The Morgan fingerprint density at radius 1 is 0.919 bits per heavy atom. The summed E-state index contributed by atoms with van der Waals surface area (Å²) in [6.07, 6.45) is -0.240. The molecule has 3 N–H and O–H groups in total. The molecule has 0 bridgehead atoms. The molecule has 0 unspecified atom stereocenters. The van der Waals surface area contributed by atoms with E-state index in [2.05, 4.69) is 30.6 Å². The third-order valence-corrected chi connectivity index (χ3v) is 5.40. The zero-order valence-electron chi connectivity index (χ0n) is 18.6. The van der Waals surface area contributed by atoms with Crippen LogP contribution in [0.2, 0.25) is 0 Å². The van der Waals surface area contributed by atoms with E-state index in [0.717, 1.165) is 5.39 Å². The summed E-state index contributed by atoms with van der Waals surface area (Å²) in [4.78, 5) is 28.5. The van der Waals surface area contributed by atoms with Crippen molar-refractivity contribution < 1.29 is 26.7 Å². The second-order valence-corrected chi connectivity index (χ2v) is 7.84. The van der Waals surface area contributed by atoms with Crippen molar-refractivity contribution in [3.05, 3.63) is 96.1 Å². The molecule has 0 aliphatic carbocycles. The fraction of sp³-hybridized carbons (Fsp3) is 0.0400. The summed E-state index contributed by atoms with van der Waals surface area (Å²) >= 11 is 0. The number of carbonyl (C=O) groups excluding carboxylic acids is 1. The Balaban J connectivity index is 1.42. The van der Waals surface area contributed by atoms with E-state index < -0.39 is 34.8 Å². The molecule has 0 saturated heterocycles. The average Bonchev–Trinajstić information content (AvgIpc) is 3.35. The second-order valence-electron chi connectivity index (χ2n) is 7.84. The molecule has 0 atom stereocenters. The van der Waals surface area contributed by atoms with E-state index in [9.17, 15) is 26.7 Å². The molecule has 5 aromatic rings. The molecule has 2 aromatic carbocycles. The lowest BCUT2D eigenvalue weighted by atomic mass is 10.1. The molecule has 7 nitrogen and oxygen atoms in total. The van der Waals surface area contributed by atoms with Crippen LogP contribution in [0, 0.1) is 11.6 Å². The number of pyridine rings is 1. The Kier molecular flexibility index (Phi) is 5.99. The van der Waals surface area contributed by atoms with Crippen LogP contribution >= 0.6 is 0 Å². The summed E-state index contributed by atoms with van der Waals surface area (Å²) in [5.41, 5.74) is -0.0537. The minimum Gasteiger partial charge on any atom is -0.346 e. The van der Waals surface area contributed by atoms with E-state index in [1.165, 1.54) is 18.5 Å². The number of rotatable bonds is 5. The molecule has 0 spiro atoms. The first-order chi connectivity index (χ1) is 17.7. The topological polar surface area (TPSA) is 95.6 Å². The van der Waals surface area contributed by atoms with Crippen molar-refractivity contribution in [2.75, 3.05) is 10.6 Å². The highest BCUT2D eigenvalue weighted by molar-refractivity contribution is 6.05. The number of hydrogen-bond donors (Lipinski definition) is 3. The Morgan fingerprint density at radius 2 is 1.73 bits per heavy atom. The molecule has 0 aliphatic heterocycles. The molecule has 37 heavy (non-hydrogen) atoms. The smallest absolute Gasteiger partial charge is 0.346 e. The average molecular weight is 510 g/mol. The number of aromatic amines is 1. The standard InChI is InChI=1S/C25H15F5N6O/c26-19-10-13(25(28,29)30)9-18(20(19)27)24(37)36-15-4-1-3-14(11-15)35-23-16(5-2-7-31-23)21-17-6-8-32-22(17)34-12-33-21/h1-12H,(H,31,35)(H,36,37)(H,32,33,34). The molecule has 0 radical (unpaired) electrons. The Morgan fingerprint density at radius 3 is 2.54 bits per heavy atom. The number of nitrogens with one attached hydrogen (secondary N) is 3. The minimum absolute atomic E-state index is 0.00000447. The van der Waals surface area contributed by atoms with Gasteiger partial charge in [0.1, 0.15) is 17.8 Å². The number of hydrogen-bond acceptors (Lipinski definition) is 5. The van der Waals surface area contributed by atoms with Gasteiger partial charge in [-0.1, -0.05) is 6.07 Å². The molecular formula is C25H15F5N6O. The van der Waals surface area contributed by atoms with Crippen LogP contribution in [0.15, 0.2) is 73.3 Å². The molecular weight excluding hydrogens is 495 g/mol. The number of nitrogens with zero attached hydrogens (tertiary/aromatic N) is 3. The van der Waals surface area contributed by atoms with Gasteiger partial charge in [-0.05, 0) is 48.5 Å². The van der Waals surface area contributed by atoms with Crippen molar-refractivity contribution in [3.63, 3.8) is 0 Å². The maximum Gasteiger partial charge on any atom is 0.416 e. The zero-order chi connectivity index (χ0) is 26.2. The molecule has 0 fully saturated rings. The van der Waals surface area contributed by atoms with E-state index >= 15 is 0 Å². The Bertz CT molecular complexity index is 1630. The molecule has 186 valence electrons. The van der Waals surface area contributed by atoms with E-state index in [-0.39, 0.29) is 17.8 Å². The SMILES string of the molecule is O=C(Nc1cccc(Nc2ncccc2-c2ncnc3[nH]ccc23)c1)c1cc(C(F)(F)F)cc(F)c1F. The van der Waals surface area contributed by atoms with Crippen molar-refractivity contribution in [2.45, 2.75) is 6.18 Å². The first-order valence-electron chi connectivity index (χ1n) is 10.7. The van der Waals surface area contributed by atoms with Gasteiger partial charge in [0.25, 0.3) is 5.91 Å². The zero-order valence-corrected chi connectivity index (χ0v) is 18.6. The van der Waals surface area contributed by atoms with Crippen LogP contribution in [0.3, 0.4) is 0 Å². The Hall–Kier alpha value is -4.87. The van der Waals surface area contributed by atoms with Crippen molar-refractivity contribution in [3.8, 4) is 11.3 Å². The molecule has 3 aromatic heterocycles. The lowest BCUT2D eigenvalue weighted by molar-refractivity contribution is -0.137. The predicted octanol–water partition coefficient (Wildman–Crippen LogP) is 6.31. The number of carbonyl (C=O) groups is 1. The fourth-order valence-electron chi connectivity index (χ4n) is 3.71. The van der Waals surface area contributed by atoms with Crippen molar-refractivity contribution >= 4 is 34.1 Å². The number of aromatic nitrogens is 4. The van der Waals surface area contributed by atoms with Gasteiger partial charge in [-0.2, -0.15) is 13.2 Å². The normalized spacial score (nSPS) is 11.5. The monoisotopic (exact) mass is 510 g/mol. The van der Waals surface area contributed by atoms with Gasteiger partial charge in [-0.15, -0.1) is 0 Å². The van der Waals surface area contributed by atoms with E-state index in [1.807, 2.05) is 6.07 Å². The van der Waals surface area contributed by atoms with Gasteiger partial charge in [0.15, 0.2) is 11.6 Å². The summed E-state index contributed by atoms with van der Waals surface area (Å²) in [5.74, 6) is -4.27. The number of amides is 1. The number of H-pyrrole nitrogens is 1. The highest BCUT2D eigenvalue weighted by Gasteiger charge is 2.33. The number of fused-ring (bicyclic) bond motifs is 1. The minimum atomic E-state index is -4.95. The van der Waals surface area contributed by atoms with E-state index in [0.29, 0.717) is 28.4 Å².